The van der Waals surface area contributed by atoms with Gasteiger partial charge in [-0.1, -0.05) is 18.2 Å². The molecule has 0 saturated carbocycles. The van der Waals surface area contributed by atoms with Crippen LogP contribution >= 0.6 is 0 Å². The summed E-state index contributed by atoms with van der Waals surface area (Å²) in [5, 5.41) is 17.6. The van der Waals surface area contributed by atoms with Crippen LogP contribution in [0.2, 0.25) is 0 Å². The lowest BCUT2D eigenvalue weighted by molar-refractivity contribution is 0.186. The number of aliphatic hydroxyl groups excluding tert-OH is 1. The number of nitrogens with zero attached hydrogens (tertiary/aromatic N) is 3. The number of fused-ring (bicyclic) bond motifs is 1. The van der Waals surface area contributed by atoms with Gasteiger partial charge >= 0.3 is 0 Å². The molecule has 19 heavy (non-hydrogen) atoms. The van der Waals surface area contributed by atoms with E-state index >= 15 is 0 Å². The van der Waals surface area contributed by atoms with E-state index in [1.54, 1.807) is 0 Å². The van der Waals surface area contributed by atoms with Crippen LogP contribution in [0.25, 0.3) is 0 Å². The standard InChI is InChI=1S/C14H17N3O2/c18-9-11-6-7-13-15-16-14(17(13)8-11)10-19-12-4-2-1-3-5-12/h1-5,11,18H,6-10H2. The number of rotatable bonds is 4. The maximum atomic E-state index is 9.27. The maximum Gasteiger partial charge on any atom is 0.171 e. The van der Waals surface area contributed by atoms with E-state index in [1.165, 1.54) is 0 Å². The summed E-state index contributed by atoms with van der Waals surface area (Å²) in [6, 6.07) is 9.68. The molecule has 1 unspecified atom stereocenters. The highest BCUT2D eigenvalue weighted by molar-refractivity contribution is 5.21. The highest BCUT2D eigenvalue weighted by Crippen LogP contribution is 2.20. The lowest BCUT2D eigenvalue weighted by atomic mass is 10.0. The number of benzene rings is 1. The molecule has 0 bridgehead atoms. The van der Waals surface area contributed by atoms with E-state index in [2.05, 4.69) is 14.8 Å². The Labute approximate surface area is 111 Å². The molecular formula is C14H17N3O2. The summed E-state index contributed by atoms with van der Waals surface area (Å²) >= 11 is 0. The van der Waals surface area contributed by atoms with Crippen molar-refractivity contribution in [2.24, 2.45) is 5.92 Å². The molecule has 0 radical (unpaired) electrons. The molecule has 0 fully saturated rings. The van der Waals surface area contributed by atoms with Crippen molar-refractivity contribution in [3.63, 3.8) is 0 Å². The van der Waals surface area contributed by atoms with E-state index in [9.17, 15) is 5.11 Å². The fraction of sp³-hybridized carbons (Fsp3) is 0.429. The van der Waals surface area contributed by atoms with Gasteiger partial charge in [-0.15, -0.1) is 10.2 Å². The minimum absolute atomic E-state index is 0.219. The molecule has 3 rings (SSSR count). The molecule has 1 aromatic heterocycles. The van der Waals surface area contributed by atoms with Crippen molar-refractivity contribution in [2.45, 2.75) is 26.0 Å². The Bertz CT molecular complexity index is 539. The summed E-state index contributed by atoms with van der Waals surface area (Å²) in [4.78, 5) is 0. The summed E-state index contributed by atoms with van der Waals surface area (Å²) in [6.45, 7) is 1.41. The topological polar surface area (TPSA) is 60.2 Å². The molecule has 100 valence electrons. The average molecular weight is 259 g/mol. The Hall–Kier alpha value is -1.88. The van der Waals surface area contributed by atoms with Gasteiger partial charge in [-0.3, -0.25) is 0 Å². The highest BCUT2D eigenvalue weighted by Gasteiger charge is 2.22. The van der Waals surface area contributed by atoms with Crippen molar-refractivity contribution < 1.29 is 9.84 Å². The van der Waals surface area contributed by atoms with Crippen molar-refractivity contribution in [3.05, 3.63) is 42.0 Å². The molecule has 1 aliphatic heterocycles. The lowest BCUT2D eigenvalue weighted by Crippen LogP contribution is -2.24. The zero-order chi connectivity index (χ0) is 13.1. The molecule has 2 aromatic rings. The van der Waals surface area contributed by atoms with E-state index in [0.717, 1.165) is 36.8 Å². The Balaban J connectivity index is 1.71. The molecule has 0 spiro atoms. The number of para-hydroxylation sites is 1. The van der Waals surface area contributed by atoms with E-state index in [0.29, 0.717) is 12.5 Å². The zero-order valence-corrected chi connectivity index (χ0v) is 10.7. The first kappa shape index (κ1) is 12.2. The van der Waals surface area contributed by atoms with Crippen LogP contribution in [0, 0.1) is 5.92 Å². The molecule has 2 heterocycles. The summed E-state index contributed by atoms with van der Waals surface area (Å²) < 4.78 is 7.78. The van der Waals surface area contributed by atoms with Crippen molar-refractivity contribution >= 4 is 0 Å². The quantitative estimate of drug-likeness (QED) is 0.902. The molecule has 1 N–H and O–H groups in total. The van der Waals surface area contributed by atoms with Crippen LogP contribution < -0.4 is 4.74 Å². The Morgan fingerprint density at radius 1 is 1.26 bits per heavy atom. The Kier molecular flexibility index (Phi) is 3.46. The van der Waals surface area contributed by atoms with Crippen LogP contribution in [0.15, 0.2) is 30.3 Å². The smallest absolute Gasteiger partial charge is 0.171 e. The minimum Gasteiger partial charge on any atom is -0.486 e. The first-order valence-electron chi connectivity index (χ1n) is 6.56. The monoisotopic (exact) mass is 259 g/mol. The molecular weight excluding hydrogens is 242 g/mol. The molecule has 5 nitrogen and oxygen atoms in total. The van der Waals surface area contributed by atoms with Crippen molar-refractivity contribution in [1.82, 2.24) is 14.8 Å². The van der Waals surface area contributed by atoms with Crippen LogP contribution in [-0.4, -0.2) is 26.5 Å². The minimum atomic E-state index is 0.219. The first-order chi connectivity index (χ1) is 9.36. The summed E-state index contributed by atoms with van der Waals surface area (Å²) in [5.41, 5.74) is 0. The largest absolute Gasteiger partial charge is 0.486 e. The van der Waals surface area contributed by atoms with Gasteiger partial charge in [-0.25, -0.2) is 0 Å². The molecule has 5 heteroatoms. The third-order valence-electron chi connectivity index (χ3n) is 3.49. The number of aliphatic hydroxyl groups is 1. The van der Waals surface area contributed by atoms with Gasteiger partial charge in [0.2, 0.25) is 0 Å². The maximum absolute atomic E-state index is 9.27. The third kappa shape index (κ3) is 2.61. The van der Waals surface area contributed by atoms with Gasteiger partial charge in [0, 0.05) is 25.5 Å². The number of ether oxygens (including phenoxy) is 1. The Morgan fingerprint density at radius 3 is 2.89 bits per heavy atom. The van der Waals surface area contributed by atoms with Crippen molar-refractivity contribution in [3.8, 4) is 5.75 Å². The van der Waals surface area contributed by atoms with E-state index in [-0.39, 0.29) is 6.61 Å². The van der Waals surface area contributed by atoms with Gasteiger partial charge in [-0.2, -0.15) is 0 Å². The van der Waals surface area contributed by atoms with Crippen molar-refractivity contribution in [1.29, 1.82) is 0 Å². The molecule has 1 aromatic carbocycles. The summed E-state index contributed by atoms with van der Waals surface area (Å²) in [6.07, 6.45) is 1.86. The zero-order valence-electron chi connectivity index (χ0n) is 10.7. The fourth-order valence-electron chi connectivity index (χ4n) is 2.37. The highest BCUT2D eigenvalue weighted by atomic mass is 16.5. The molecule has 1 aliphatic rings. The molecule has 0 amide bonds. The lowest BCUT2D eigenvalue weighted by Gasteiger charge is -2.22. The van der Waals surface area contributed by atoms with Gasteiger partial charge in [0.25, 0.3) is 0 Å². The first-order valence-corrected chi connectivity index (χ1v) is 6.56. The summed E-state index contributed by atoms with van der Waals surface area (Å²) in [7, 11) is 0. The van der Waals surface area contributed by atoms with Crippen LogP contribution in [0.4, 0.5) is 0 Å². The average Bonchev–Trinajstić information content (AvgIpc) is 2.88. The third-order valence-corrected chi connectivity index (χ3v) is 3.49. The van der Waals surface area contributed by atoms with Gasteiger partial charge in [0.15, 0.2) is 5.82 Å². The summed E-state index contributed by atoms with van der Waals surface area (Å²) in [5.74, 6) is 2.96. The Morgan fingerprint density at radius 2 is 2.11 bits per heavy atom. The van der Waals surface area contributed by atoms with E-state index in [4.69, 9.17) is 4.74 Å². The number of hydrogen-bond acceptors (Lipinski definition) is 4. The van der Waals surface area contributed by atoms with Gasteiger partial charge in [0.1, 0.15) is 18.2 Å². The van der Waals surface area contributed by atoms with Crippen LogP contribution in [-0.2, 0) is 19.6 Å². The fourth-order valence-corrected chi connectivity index (χ4v) is 2.37. The van der Waals surface area contributed by atoms with Gasteiger partial charge in [0.05, 0.1) is 0 Å². The molecule has 0 aliphatic carbocycles. The van der Waals surface area contributed by atoms with Crippen LogP contribution in [0.5, 0.6) is 5.75 Å². The van der Waals surface area contributed by atoms with E-state index < -0.39 is 0 Å². The number of aromatic nitrogens is 3. The van der Waals surface area contributed by atoms with Crippen molar-refractivity contribution in [2.75, 3.05) is 6.61 Å². The van der Waals surface area contributed by atoms with Gasteiger partial charge < -0.3 is 14.4 Å². The number of hydrogen-bond donors (Lipinski definition) is 1. The van der Waals surface area contributed by atoms with Crippen LogP contribution in [0.1, 0.15) is 18.1 Å². The predicted octanol–water partition coefficient (Wildman–Crippen LogP) is 1.41. The second-order valence-corrected chi connectivity index (χ2v) is 4.83. The second kappa shape index (κ2) is 5.40. The number of aryl methyl sites for hydroxylation is 1. The molecule has 1 atom stereocenters. The van der Waals surface area contributed by atoms with Crippen LogP contribution in [0.3, 0.4) is 0 Å². The predicted molar refractivity (Wildman–Crippen MR) is 69.7 cm³/mol. The second-order valence-electron chi connectivity index (χ2n) is 4.83. The molecule has 0 saturated heterocycles. The van der Waals surface area contributed by atoms with Gasteiger partial charge in [-0.05, 0) is 18.6 Å². The normalized spacial score (nSPS) is 18.1. The SMILES string of the molecule is OCC1CCc2nnc(COc3ccccc3)n2C1. The van der Waals surface area contributed by atoms with E-state index in [1.807, 2.05) is 30.3 Å².